The number of aromatic nitrogens is 4. The number of fused-ring (bicyclic) bond motifs is 1. The van der Waals surface area contributed by atoms with Gasteiger partial charge in [0, 0.05) is 51.5 Å². The summed E-state index contributed by atoms with van der Waals surface area (Å²) in [6, 6.07) is 17.8. The molecule has 1 aromatic heterocycles. The van der Waals surface area contributed by atoms with Crippen molar-refractivity contribution in [3.63, 3.8) is 0 Å². The van der Waals surface area contributed by atoms with E-state index in [1.54, 1.807) is 4.68 Å². The number of carbonyl (C=O) groups excluding carboxylic acids is 2. The van der Waals surface area contributed by atoms with Crippen LogP contribution in [-0.2, 0) is 35.6 Å². The highest BCUT2D eigenvalue weighted by molar-refractivity contribution is 5.76. The van der Waals surface area contributed by atoms with Crippen LogP contribution in [0.5, 0.6) is 0 Å². The number of benzene rings is 2. The van der Waals surface area contributed by atoms with Gasteiger partial charge in [0.25, 0.3) is 0 Å². The predicted octanol–water partition coefficient (Wildman–Crippen LogP) is 2.13. The lowest BCUT2D eigenvalue weighted by Crippen LogP contribution is -2.39. The van der Waals surface area contributed by atoms with Crippen LogP contribution in [0.4, 0.5) is 0 Å². The molecule has 40 heavy (non-hydrogen) atoms. The molecule has 0 radical (unpaired) electrons. The molecule has 1 amide bonds. The van der Waals surface area contributed by atoms with Crippen LogP contribution >= 0.6 is 0 Å². The van der Waals surface area contributed by atoms with Crippen molar-refractivity contribution in [1.82, 2.24) is 30.0 Å². The van der Waals surface area contributed by atoms with Gasteiger partial charge < -0.3 is 19.9 Å². The summed E-state index contributed by atoms with van der Waals surface area (Å²) in [5.74, 6) is -0.238. The maximum atomic E-state index is 13.0. The lowest BCUT2D eigenvalue weighted by atomic mass is 9.99. The van der Waals surface area contributed by atoms with E-state index in [9.17, 15) is 19.8 Å². The number of aliphatic carboxylic acids is 1. The summed E-state index contributed by atoms with van der Waals surface area (Å²) in [7, 11) is 0. The molecule has 10 nitrogen and oxygen atoms in total. The summed E-state index contributed by atoms with van der Waals surface area (Å²) in [4.78, 5) is 28.1. The van der Waals surface area contributed by atoms with Crippen LogP contribution in [-0.4, -0.2) is 66.2 Å². The van der Waals surface area contributed by atoms with E-state index < -0.39 is 18.5 Å². The first-order chi connectivity index (χ1) is 19.3. The number of aliphatic hydroxyl groups is 1. The molecule has 2 atom stereocenters. The number of aliphatic hydroxyl groups excluding tert-OH is 1. The summed E-state index contributed by atoms with van der Waals surface area (Å²) in [5.41, 5.74) is 3.55. The zero-order valence-corrected chi connectivity index (χ0v) is 23.4. The number of carboxylic acid groups (broad SMARTS) is 1. The number of amides is 1. The van der Waals surface area contributed by atoms with Crippen molar-refractivity contribution in [3.8, 4) is 0 Å². The molecule has 0 fully saturated rings. The van der Waals surface area contributed by atoms with Gasteiger partial charge in [-0.3, -0.25) is 9.69 Å². The van der Waals surface area contributed by atoms with E-state index in [0.717, 1.165) is 18.5 Å². The van der Waals surface area contributed by atoms with Crippen LogP contribution in [0.1, 0.15) is 68.1 Å². The largest absolute Gasteiger partial charge is 0.550 e. The van der Waals surface area contributed by atoms with Gasteiger partial charge in [0.15, 0.2) is 5.82 Å². The Bertz CT molecular complexity index is 1250. The Morgan fingerprint density at radius 3 is 2.52 bits per heavy atom. The van der Waals surface area contributed by atoms with Crippen LogP contribution in [0.15, 0.2) is 54.6 Å². The minimum atomic E-state index is -1.29. The van der Waals surface area contributed by atoms with Crippen LogP contribution < -0.4 is 5.11 Å². The monoisotopic (exact) mass is 547 g/mol. The summed E-state index contributed by atoms with van der Waals surface area (Å²) in [5, 5.41) is 34.3. The average molecular weight is 548 g/mol. The van der Waals surface area contributed by atoms with E-state index in [-0.39, 0.29) is 24.4 Å². The number of rotatable bonds is 14. The van der Waals surface area contributed by atoms with Crippen molar-refractivity contribution < 1.29 is 19.8 Å². The molecule has 214 valence electrons. The van der Waals surface area contributed by atoms with Crippen molar-refractivity contribution >= 4 is 11.9 Å². The number of hydrogen-bond acceptors (Lipinski definition) is 8. The van der Waals surface area contributed by atoms with E-state index in [0.29, 0.717) is 44.7 Å². The first-order valence-corrected chi connectivity index (χ1v) is 14.1. The zero-order valence-electron chi connectivity index (χ0n) is 23.4. The summed E-state index contributed by atoms with van der Waals surface area (Å²) < 4.78 is 1.74. The lowest BCUT2D eigenvalue weighted by Gasteiger charge is -2.33. The Balaban J connectivity index is 1.46. The van der Waals surface area contributed by atoms with Gasteiger partial charge in [0.05, 0.1) is 12.1 Å². The Kier molecular flexibility index (Phi) is 10.4. The minimum Gasteiger partial charge on any atom is -0.550 e. The molecule has 2 aromatic carbocycles. The van der Waals surface area contributed by atoms with Crippen molar-refractivity contribution in [2.24, 2.45) is 5.92 Å². The molecule has 0 saturated carbocycles. The SMILES string of the molecule is CC(C)CC(c1nnnn1CCCC(=O)N1CCc2ccccc2C1)N(Cc1ccccc1)CC(O)CC(=O)[O-]. The molecule has 0 saturated heterocycles. The Morgan fingerprint density at radius 1 is 1.07 bits per heavy atom. The highest BCUT2D eigenvalue weighted by Crippen LogP contribution is 2.29. The molecular weight excluding hydrogens is 508 g/mol. The third-order valence-corrected chi connectivity index (χ3v) is 7.31. The second kappa shape index (κ2) is 14.1. The first-order valence-electron chi connectivity index (χ1n) is 14.1. The Morgan fingerprint density at radius 2 is 1.80 bits per heavy atom. The second-order valence-corrected chi connectivity index (χ2v) is 11.0. The van der Waals surface area contributed by atoms with E-state index in [2.05, 4.69) is 41.5 Å². The van der Waals surface area contributed by atoms with E-state index in [4.69, 9.17) is 0 Å². The van der Waals surface area contributed by atoms with Crippen LogP contribution in [0.2, 0.25) is 0 Å². The number of carboxylic acids is 1. The van der Waals surface area contributed by atoms with Gasteiger partial charge in [-0.05, 0) is 52.3 Å². The first kappa shape index (κ1) is 29.4. The van der Waals surface area contributed by atoms with Crippen LogP contribution in [0.25, 0.3) is 0 Å². The number of carbonyl (C=O) groups is 2. The zero-order chi connectivity index (χ0) is 28.5. The molecular formula is C30H39N6O4-. The molecule has 0 aliphatic carbocycles. The molecule has 0 bridgehead atoms. The van der Waals surface area contributed by atoms with Crippen LogP contribution in [0.3, 0.4) is 0 Å². The quantitative estimate of drug-likeness (QED) is 0.325. The van der Waals surface area contributed by atoms with Gasteiger partial charge in [-0.25, -0.2) is 4.68 Å². The smallest absolute Gasteiger partial charge is 0.222 e. The summed E-state index contributed by atoms with van der Waals surface area (Å²) in [6.07, 6.45) is 1.02. The molecule has 2 unspecified atom stereocenters. The maximum absolute atomic E-state index is 13.0. The van der Waals surface area contributed by atoms with Gasteiger partial charge in [0.2, 0.25) is 5.91 Å². The van der Waals surface area contributed by atoms with Crippen molar-refractivity contribution in [2.75, 3.05) is 13.1 Å². The maximum Gasteiger partial charge on any atom is 0.222 e. The lowest BCUT2D eigenvalue weighted by molar-refractivity contribution is -0.307. The normalized spacial score (nSPS) is 14.8. The highest BCUT2D eigenvalue weighted by atomic mass is 16.4. The summed E-state index contributed by atoms with van der Waals surface area (Å²) in [6.45, 7) is 6.68. The van der Waals surface area contributed by atoms with Gasteiger partial charge in [0.1, 0.15) is 0 Å². The third-order valence-electron chi connectivity index (χ3n) is 7.31. The standard InChI is InChI=1S/C30H40N6O4/c1-22(2)17-27(35(21-26(37)18-29(39)40)19-23-9-4-3-5-10-23)30-31-32-33-36(30)15-8-13-28(38)34-16-14-24-11-6-7-12-25(24)20-34/h3-7,9-12,22,26-27,37H,8,13-21H2,1-2H3,(H,39,40)/p-1. The number of tetrazole rings is 1. The molecule has 1 aliphatic rings. The van der Waals surface area contributed by atoms with E-state index >= 15 is 0 Å². The fraction of sp³-hybridized carbons (Fsp3) is 0.500. The Labute approximate surface area is 235 Å². The topological polar surface area (TPSA) is 128 Å². The molecule has 0 spiro atoms. The van der Waals surface area contributed by atoms with Gasteiger partial charge in [-0.1, -0.05) is 68.4 Å². The number of aryl methyl sites for hydroxylation is 1. The Hall–Kier alpha value is -3.63. The second-order valence-electron chi connectivity index (χ2n) is 11.0. The predicted molar refractivity (Wildman–Crippen MR) is 147 cm³/mol. The number of nitrogens with zero attached hydrogens (tertiary/aromatic N) is 6. The molecule has 1 N–H and O–H groups in total. The van der Waals surface area contributed by atoms with Gasteiger partial charge in [-0.2, -0.15) is 0 Å². The summed E-state index contributed by atoms with van der Waals surface area (Å²) >= 11 is 0. The molecule has 2 heterocycles. The fourth-order valence-corrected chi connectivity index (χ4v) is 5.37. The molecule has 3 aromatic rings. The van der Waals surface area contributed by atoms with Gasteiger partial charge >= 0.3 is 0 Å². The number of hydrogen-bond donors (Lipinski definition) is 1. The van der Waals surface area contributed by atoms with Crippen molar-refractivity contribution in [1.29, 1.82) is 0 Å². The molecule has 10 heteroatoms. The van der Waals surface area contributed by atoms with E-state index in [1.165, 1.54) is 11.1 Å². The molecule has 4 rings (SSSR count). The van der Waals surface area contributed by atoms with E-state index in [1.807, 2.05) is 52.3 Å². The minimum absolute atomic E-state index is 0.124. The van der Waals surface area contributed by atoms with Gasteiger partial charge in [-0.15, -0.1) is 5.10 Å². The van der Waals surface area contributed by atoms with Crippen LogP contribution in [0, 0.1) is 5.92 Å². The van der Waals surface area contributed by atoms with Crippen molar-refractivity contribution in [3.05, 3.63) is 77.1 Å². The average Bonchev–Trinajstić information content (AvgIpc) is 3.39. The molecule has 1 aliphatic heterocycles. The third kappa shape index (κ3) is 8.19. The van der Waals surface area contributed by atoms with Crippen molar-refractivity contribution in [2.45, 2.75) is 77.7 Å². The fourth-order valence-electron chi connectivity index (χ4n) is 5.37. The highest BCUT2D eigenvalue weighted by Gasteiger charge is 2.29.